The van der Waals surface area contributed by atoms with Crippen molar-refractivity contribution in [3.05, 3.63) is 37.1 Å². The number of nitriles is 1. The third-order valence-corrected chi connectivity index (χ3v) is 7.05. The van der Waals surface area contributed by atoms with Gasteiger partial charge >= 0.3 is 0 Å². The Labute approximate surface area is 184 Å². The van der Waals surface area contributed by atoms with Crippen LogP contribution in [0.15, 0.2) is 37.1 Å². The van der Waals surface area contributed by atoms with Gasteiger partial charge in [-0.2, -0.15) is 19.8 Å². The zero-order valence-corrected chi connectivity index (χ0v) is 18.3. The van der Waals surface area contributed by atoms with E-state index in [0.29, 0.717) is 17.2 Å². The zero-order valence-electron chi connectivity index (χ0n) is 17.5. The first kappa shape index (κ1) is 21.6. The van der Waals surface area contributed by atoms with Crippen molar-refractivity contribution in [3.8, 4) is 17.3 Å². The van der Waals surface area contributed by atoms with Gasteiger partial charge in [0.15, 0.2) is 0 Å². The van der Waals surface area contributed by atoms with Crippen molar-refractivity contribution >= 4 is 26.8 Å². The number of aromatic nitrogens is 6. The van der Waals surface area contributed by atoms with Gasteiger partial charge < -0.3 is 5.32 Å². The number of carbonyl (C=O) groups excluding carboxylic acids is 1. The lowest BCUT2D eigenvalue weighted by molar-refractivity contribution is -0.112. The molecule has 0 amide bonds. The van der Waals surface area contributed by atoms with Crippen LogP contribution in [0, 0.1) is 11.3 Å². The SMILES string of the molecule is CCC(=O)S(=O)(=O)N1CC(CC#N)(n2cc(-c3ccnc(Nc4cnn(C)c4)n3)cn2)C1. The third kappa shape index (κ3) is 3.85. The van der Waals surface area contributed by atoms with Crippen LogP contribution in [-0.2, 0) is 27.4 Å². The lowest BCUT2D eigenvalue weighted by Gasteiger charge is -2.47. The van der Waals surface area contributed by atoms with Gasteiger partial charge in [0.2, 0.25) is 5.95 Å². The standard InChI is InChI=1S/C19H21N9O3S/c1-3-17(29)32(30,31)27-12-19(13-27,5-6-20)28-10-14(8-23-28)16-4-7-21-18(25-16)24-15-9-22-26(2)11-15/h4,7-11H,3,5,12-13H2,1-2H3,(H,21,24,25). The number of sulfonamides is 1. The maximum absolute atomic E-state index is 12.3. The lowest BCUT2D eigenvalue weighted by atomic mass is 9.89. The lowest BCUT2D eigenvalue weighted by Crippen LogP contribution is -2.65. The van der Waals surface area contributed by atoms with Crippen molar-refractivity contribution in [2.45, 2.75) is 25.3 Å². The van der Waals surface area contributed by atoms with E-state index in [0.717, 1.165) is 9.99 Å². The number of carbonyl (C=O) groups is 1. The summed E-state index contributed by atoms with van der Waals surface area (Å²) < 4.78 is 29.0. The molecule has 0 atom stereocenters. The number of anilines is 2. The van der Waals surface area contributed by atoms with Gasteiger partial charge in [0.05, 0.1) is 36.3 Å². The van der Waals surface area contributed by atoms with Crippen LogP contribution in [0.25, 0.3) is 11.3 Å². The Morgan fingerprint density at radius 1 is 1.28 bits per heavy atom. The molecule has 166 valence electrons. The second kappa shape index (κ2) is 8.13. The van der Waals surface area contributed by atoms with Gasteiger partial charge in [-0.1, -0.05) is 6.92 Å². The van der Waals surface area contributed by atoms with Crippen LogP contribution in [0.2, 0.25) is 0 Å². The Kier molecular flexibility index (Phi) is 5.49. The summed E-state index contributed by atoms with van der Waals surface area (Å²) in [6, 6.07) is 3.83. The molecule has 1 aliphatic heterocycles. The number of nitrogens with zero attached hydrogens (tertiary/aromatic N) is 8. The smallest absolute Gasteiger partial charge is 0.277 e. The molecule has 0 bridgehead atoms. The van der Waals surface area contributed by atoms with Gasteiger partial charge in [-0.25, -0.2) is 18.4 Å². The summed E-state index contributed by atoms with van der Waals surface area (Å²) in [4.78, 5) is 20.5. The van der Waals surface area contributed by atoms with Gasteiger partial charge in [-0.05, 0) is 6.07 Å². The molecule has 0 aromatic carbocycles. The van der Waals surface area contributed by atoms with E-state index in [1.807, 2.05) is 0 Å². The fraction of sp³-hybridized carbons (Fsp3) is 0.368. The van der Waals surface area contributed by atoms with Crippen molar-refractivity contribution < 1.29 is 13.2 Å². The first-order valence-electron chi connectivity index (χ1n) is 9.81. The summed E-state index contributed by atoms with van der Waals surface area (Å²) in [5.41, 5.74) is 1.20. The second-order valence-corrected chi connectivity index (χ2v) is 9.45. The summed E-state index contributed by atoms with van der Waals surface area (Å²) in [5.74, 6) is 0.383. The van der Waals surface area contributed by atoms with Crippen LogP contribution >= 0.6 is 0 Å². The molecule has 3 aromatic rings. The molecule has 4 rings (SSSR count). The monoisotopic (exact) mass is 455 g/mol. The van der Waals surface area contributed by atoms with E-state index in [1.54, 1.807) is 53.5 Å². The molecule has 13 heteroatoms. The quantitative estimate of drug-likeness (QED) is 0.550. The molecule has 0 aliphatic carbocycles. The van der Waals surface area contributed by atoms with Gasteiger partial charge in [0.25, 0.3) is 15.1 Å². The van der Waals surface area contributed by atoms with Crippen LogP contribution in [0.4, 0.5) is 11.6 Å². The van der Waals surface area contributed by atoms with E-state index >= 15 is 0 Å². The highest BCUT2D eigenvalue weighted by molar-refractivity contribution is 8.04. The molecular formula is C19H21N9O3S. The Morgan fingerprint density at radius 2 is 2.06 bits per heavy atom. The molecule has 1 aliphatic rings. The Bertz CT molecular complexity index is 1300. The highest BCUT2D eigenvalue weighted by Gasteiger charge is 2.51. The number of hydrogen-bond donors (Lipinski definition) is 1. The fourth-order valence-electron chi connectivity index (χ4n) is 3.50. The van der Waals surface area contributed by atoms with Gasteiger partial charge in [0.1, 0.15) is 5.54 Å². The zero-order chi connectivity index (χ0) is 22.9. The summed E-state index contributed by atoms with van der Waals surface area (Å²) in [5, 5.41) is 20.0. The van der Waals surface area contributed by atoms with Gasteiger partial charge in [-0.3, -0.25) is 14.2 Å². The Hall–Kier alpha value is -3.63. The molecule has 32 heavy (non-hydrogen) atoms. The van der Waals surface area contributed by atoms with E-state index in [9.17, 15) is 18.5 Å². The van der Waals surface area contributed by atoms with Crippen LogP contribution < -0.4 is 5.32 Å². The van der Waals surface area contributed by atoms with Crippen LogP contribution in [0.1, 0.15) is 19.8 Å². The van der Waals surface area contributed by atoms with Crippen LogP contribution in [-0.4, -0.2) is 60.5 Å². The Balaban J connectivity index is 1.56. The van der Waals surface area contributed by atoms with E-state index < -0.39 is 20.7 Å². The summed E-state index contributed by atoms with van der Waals surface area (Å²) >= 11 is 0. The highest BCUT2D eigenvalue weighted by atomic mass is 32.2. The van der Waals surface area contributed by atoms with E-state index in [2.05, 4.69) is 31.6 Å². The molecular weight excluding hydrogens is 434 g/mol. The maximum atomic E-state index is 12.3. The molecule has 1 fully saturated rings. The average Bonchev–Trinajstić information content (AvgIpc) is 3.39. The van der Waals surface area contributed by atoms with Crippen molar-refractivity contribution in [2.75, 3.05) is 18.4 Å². The van der Waals surface area contributed by atoms with Gasteiger partial charge in [-0.15, -0.1) is 0 Å². The number of aryl methyl sites for hydroxylation is 1. The normalized spacial score (nSPS) is 15.7. The van der Waals surface area contributed by atoms with Crippen LogP contribution in [0.5, 0.6) is 0 Å². The predicted molar refractivity (Wildman–Crippen MR) is 114 cm³/mol. The first-order valence-corrected chi connectivity index (χ1v) is 11.3. The predicted octanol–water partition coefficient (Wildman–Crippen LogP) is 1.01. The summed E-state index contributed by atoms with van der Waals surface area (Å²) in [7, 11) is -2.22. The third-order valence-electron chi connectivity index (χ3n) is 5.25. The minimum atomic E-state index is -4.02. The molecule has 4 heterocycles. The minimum absolute atomic E-state index is 0.00728. The molecule has 1 saturated heterocycles. The van der Waals surface area contributed by atoms with Gasteiger partial charge in [0, 0.05) is 50.7 Å². The summed E-state index contributed by atoms with van der Waals surface area (Å²) in [6.45, 7) is 1.52. The first-order chi connectivity index (χ1) is 15.3. The number of nitrogens with one attached hydrogen (secondary N) is 1. The average molecular weight is 456 g/mol. The number of rotatable bonds is 7. The topological polar surface area (TPSA) is 152 Å². The molecule has 0 saturated carbocycles. The summed E-state index contributed by atoms with van der Waals surface area (Å²) in [6.07, 6.45) is 8.33. The van der Waals surface area contributed by atoms with Crippen molar-refractivity contribution in [3.63, 3.8) is 0 Å². The molecule has 1 N–H and O–H groups in total. The van der Waals surface area contributed by atoms with E-state index in [-0.39, 0.29) is 25.9 Å². The van der Waals surface area contributed by atoms with Crippen molar-refractivity contribution in [2.24, 2.45) is 7.05 Å². The fourth-order valence-corrected chi connectivity index (χ4v) is 4.97. The molecule has 12 nitrogen and oxygen atoms in total. The molecule has 0 radical (unpaired) electrons. The number of hydrogen-bond acceptors (Lipinski definition) is 9. The minimum Gasteiger partial charge on any atom is -0.321 e. The maximum Gasteiger partial charge on any atom is 0.277 e. The van der Waals surface area contributed by atoms with Crippen LogP contribution in [0.3, 0.4) is 0 Å². The molecule has 3 aromatic heterocycles. The second-order valence-electron chi connectivity index (χ2n) is 7.52. The highest BCUT2D eigenvalue weighted by Crippen LogP contribution is 2.35. The molecule has 0 unspecified atom stereocenters. The molecule has 0 spiro atoms. The van der Waals surface area contributed by atoms with E-state index in [4.69, 9.17) is 0 Å². The van der Waals surface area contributed by atoms with Crippen molar-refractivity contribution in [1.82, 2.24) is 33.8 Å². The Morgan fingerprint density at radius 3 is 2.72 bits per heavy atom. The van der Waals surface area contributed by atoms with Crippen molar-refractivity contribution in [1.29, 1.82) is 5.26 Å². The largest absolute Gasteiger partial charge is 0.321 e. The van der Waals surface area contributed by atoms with E-state index in [1.165, 1.54) is 6.92 Å².